The fourth-order valence-corrected chi connectivity index (χ4v) is 3.56. The van der Waals surface area contributed by atoms with Gasteiger partial charge in [0, 0.05) is 4.88 Å². The molecule has 1 atom stereocenters. The standard InChI is InChI=1S/C13H11N5OS2/c14-4-7-11(9-2-1-3-20-9)8(5-15)13(18-12(7)17)21-6-10(16)19/h1-3,11,18H,6,17H2,(H2,16,19). The van der Waals surface area contributed by atoms with E-state index in [9.17, 15) is 15.3 Å². The van der Waals surface area contributed by atoms with Crippen LogP contribution >= 0.6 is 23.1 Å². The van der Waals surface area contributed by atoms with Crippen molar-refractivity contribution in [2.75, 3.05) is 5.75 Å². The van der Waals surface area contributed by atoms with Crippen LogP contribution in [-0.2, 0) is 4.79 Å². The van der Waals surface area contributed by atoms with E-state index in [1.807, 2.05) is 17.5 Å². The molecule has 1 unspecified atom stereocenters. The third-order valence-corrected chi connectivity index (χ3v) is 4.76. The van der Waals surface area contributed by atoms with Gasteiger partial charge in [-0.1, -0.05) is 17.8 Å². The Hall–Kier alpha value is -2.42. The molecule has 2 rings (SSSR count). The van der Waals surface area contributed by atoms with Crippen LogP contribution in [0.3, 0.4) is 0 Å². The van der Waals surface area contributed by atoms with E-state index in [4.69, 9.17) is 11.5 Å². The molecule has 0 saturated carbocycles. The fraction of sp³-hybridized carbons (Fsp3) is 0.154. The van der Waals surface area contributed by atoms with Crippen LogP contribution in [-0.4, -0.2) is 11.7 Å². The number of hydrogen-bond donors (Lipinski definition) is 3. The van der Waals surface area contributed by atoms with Crippen LogP contribution in [0.25, 0.3) is 0 Å². The Kier molecular flexibility index (Phi) is 4.53. The lowest BCUT2D eigenvalue weighted by Crippen LogP contribution is -2.29. The molecule has 1 aliphatic heterocycles. The van der Waals surface area contributed by atoms with Crippen LogP contribution in [0, 0.1) is 22.7 Å². The Morgan fingerprint density at radius 2 is 2.14 bits per heavy atom. The number of carbonyl (C=O) groups is 1. The third kappa shape index (κ3) is 3.02. The minimum absolute atomic E-state index is 0.0276. The molecule has 5 N–H and O–H groups in total. The summed E-state index contributed by atoms with van der Waals surface area (Å²) in [5.74, 6) is -0.772. The molecule has 6 nitrogen and oxygen atoms in total. The van der Waals surface area contributed by atoms with E-state index in [1.54, 1.807) is 0 Å². The summed E-state index contributed by atoms with van der Waals surface area (Å²) in [7, 11) is 0. The minimum Gasteiger partial charge on any atom is -0.384 e. The molecule has 1 aromatic heterocycles. The van der Waals surface area contributed by atoms with Crippen molar-refractivity contribution < 1.29 is 4.79 Å². The highest BCUT2D eigenvalue weighted by Gasteiger charge is 2.32. The quantitative estimate of drug-likeness (QED) is 0.762. The van der Waals surface area contributed by atoms with Gasteiger partial charge in [0.15, 0.2) is 0 Å². The van der Waals surface area contributed by atoms with Crippen molar-refractivity contribution in [3.63, 3.8) is 0 Å². The van der Waals surface area contributed by atoms with Crippen molar-refractivity contribution in [1.29, 1.82) is 10.5 Å². The highest BCUT2D eigenvalue weighted by atomic mass is 32.2. The van der Waals surface area contributed by atoms with Gasteiger partial charge >= 0.3 is 0 Å². The molecule has 0 aliphatic carbocycles. The van der Waals surface area contributed by atoms with E-state index in [-0.39, 0.29) is 11.6 Å². The number of primary amides is 1. The zero-order valence-corrected chi connectivity index (χ0v) is 12.4. The Bertz CT molecular complexity index is 706. The van der Waals surface area contributed by atoms with Crippen molar-refractivity contribution >= 4 is 29.0 Å². The zero-order chi connectivity index (χ0) is 15.4. The van der Waals surface area contributed by atoms with Crippen LogP contribution in [0.1, 0.15) is 10.8 Å². The maximum atomic E-state index is 10.9. The van der Waals surface area contributed by atoms with Gasteiger partial charge in [0.05, 0.1) is 40.0 Å². The first kappa shape index (κ1) is 15.0. The lowest BCUT2D eigenvalue weighted by Gasteiger charge is -2.25. The molecule has 0 bridgehead atoms. The molecule has 2 heterocycles. The number of nitriles is 2. The number of thiophene rings is 1. The highest BCUT2D eigenvalue weighted by Crippen LogP contribution is 2.40. The predicted octanol–water partition coefficient (Wildman–Crippen LogP) is 1.08. The molecule has 1 aliphatic rings. The van der Waals surface area contributed by atoms with Crippen molar-refractivity contribution in [2.45, 2.75) is 5.92 Å². The average Bonchev–Trinajstić information content (AvgIpc) is 2.97. The number of dihydropyridines is 1. The molecule has 0 aromatic carbocycles. The molecule has 1 aromatic rings. The Labute approximate surface area is 129 Å². The second-order valence-corrected chi connectivity index (χ2v) is 6.09. The van der Waals surface area contributed by atoms with Crippen LogP contribution in [0.2, 0.25) is 0 Å². The largest absolute Gasteiger partial charge is 0.384 e. The van der Waals surface area contributed by atoms with Crippen LogP contribution in [0.15, 0.2) is 39.5 Å². The van der Waals surface area contributed by atoms with Gasteiger partial charge in [-0.15, -0.1) is 11.3 Å². The van der Waals surface area contributed by atoms with Crippen molar-refractivity contribution in [1.82, 2.24) is 5.32 Å². The van der Waals surface area contributed by atoms with E-state index in [0.29, 0.717) is 16.2 Å². The molecule has 0 saturated heterocycles. The maximum absolute atomic E-state index is 10.9. The second-order valence-electron chi connectivity index (χ2n) is 4.12. The summed E-state index contributed by atoms with van der Waals surface area (Å²) >= 11 is 2.55. The number of nitrogens with one attached hydrogen (secondary N) is 1. The summed E-state index contributed by atoms with van der Waals surface area (Å²) in [6.07, 6.45) is 0. The van der Waals surface area contributed by atoms with E-state index in [2.05, 4.69) is 17.5 Å². The summed E-state index contributed by atoms with van der Waals surface area (Å²) in [5.41, 5.74) is 11.7. The first-order valence-corrected chi connectivity index (χ1v) is 7.70. The Balaban J connectivity index is 2.49. The smallest absolute Gasteiger partial charge is 0.227 e. The predicted molar refractivity (Wildman–Crippen MR) is 81.3 cm³/mol. The second kappa shape index (κ2) is 6.35. The van der Waals surface area contributed by atoms with Crippen molar-refractivity contribution in [3.8, 4) is 12.1 Å². The number of rotatable bonds is 4. The van der Waals surface area contributed by atoms with Crippen LogP contribution in [0.4, 0.5) is 0 Å². The van der Waals surface area contributed by atoms with Gasteiger partial charge in [-0.05, 0) is 11.4 Å². The molecule has 0 spiro atoms. The number of hydrogen-bond acceptors (Lipinski definition) is 7. The number of nitrogens with two attached hydrogens (primary N) is 2. The van der Waals surface area contributed by atoms with Gasteiger partial charge < -0.3 is 16.8 Å². The molecule has 8 heteroatoms. The lowest BCUT2D eigenvalue weighted by molar-refractivity contribution is -0.115. The summed E-state index contributed by atoms with van der Waals surface area (Å²) in [6.45, 7) is 0. The van der Waals surface area contributed by atoms with Crippen LogP contribution in [0.5, 0.6) is 0 Å². The number of allylic oxidation sites excluding steroid dienone is 2. The zero-order valence-electron chi connectivity index (χ0n) is 10.8. The fourth-order valence-electron chi connectivity index (χ4n) is 1.93. The normalized spacial score (nSPS) is 17.9. The van der Waals surface area contributed by atoms with E-state index >= 15 is 0 Å². The first-order valence-electron chi connectivity index (χ1n) is 5.84. The van der Waals surface area contributed by atoms with Gasteiger partial charge in [0.1, 0.15) is 5.82 Å². The van der Waals surface area contributed by atoms with E-state index < -0.39 is 11.8 Å². The van der Waals surface area contributed by atoms with E-state index in [0.717, 1.165) is 16.6 Å². The topological polar surface area (TPSA) is 129 Å². The molecule has 0 fully saturated rings. The Morgan fingerprint density at radius 1 is 1.43 bits per heavy atom. The van der Waals surface area contributed by atoms with E-state index in [1.165, 1.54) is 11.3 Å². The molecule has 106 valence electrons. The SMILES string of the molecule is N#CC1=C(N)NC(SCC(N)=O)=C(C#N)C1c1cccs1. The molecular formula is C13H11N5OS2. The Morgan fingerprint density at radius 3 is 2.67 bits per heavy atom. The van der Waals surface area contributed by atoms with Gasteiger partial charge in [0.2, 0.25) is 5.91 Å². The van der Waals surface area contributed by atoms with Gasteiger partial charge in [-0.3, -0.25) is 4.79 Å². The van der Waals surface area contributed by atoms with Gasteiger partial charge in [-0.2, -0.15) is 10.5 Å². The van der Waals surface area contributed by atoms with Crippen LogP contribution < -0.4 is 16.8 Å². The highest BCUT2D eigenvalue weighted by molar-refractivity contribution is 8.03. The molecule has 1 amide bonds. The summed E-state index contributed by atoms with van der Waals surface area (Å²) in [4.78, 5) is 11.8. The average molecular weight is 317 g/mol. The minimum atomic E-state index is -0.503. The first-order chi connectivity index (χ1) is 10.1. The molecular weight excluding hydrogens is 306 g/mol. The molecule has 21 heavy (non-hydrogen) atoms. The lowest BCUT2D eigenvalue weighted by atomic mass is 9.89. The van der Waals surface area contributed by atoms with Crippen molar-refractivity contribution in [3.05, 3.63) is 44.4 Å². The number of carbonyl (C=O) groups excluding carboxylic acids is 1. The number of nitrogens with zero attached hydrogens (tertiary/aromatic N) is 2. The molecule has 0 radical (unpaired) electrons. The third-order valence-electron chi connectivity index (χ3n) is 2.79. The van der Waals surface area contributed by atoms with Gasteiger partial charge in [0.25, 0.3) is 0 Å². The number of amides is 1. The summed E-state index contributed by atoms with van der Waals surface area (Å²) < 4.78 is 0. The maximum Gasteiger partial charge on any atom is 0.227 e. The summed E-state index contributed by atoms with van der Waals surface area (Å²) in [6, 6.07) is 7.86. The summed E-state index contributed by atoms with van der Waals surface area (Å²) in [5, 5.41) is 23.9. The van der Waals surface area contributed by atoms with Crippen molar-refractivity contribution in [2.24, 2.45) is 11.5 Å². The number of thioether (sulfide) groups is 1. The monoisotopic (exact) mass is 317 g/mol. The van der Waals surface area contributed by atoms with Gasteiger partial charge in [-0.25, -0.2) is 0 Å².